The maximum atomic E-state index is 12.9. The molecule has 7 nitrogen and oxygen atoms in total. The van der Waals surface area contributed by atoms with E-state index in [9.17, 15) is 13.2 Å². The van der Waals surface area contributed by atoms with Crippen LogP contribution in [0.3, 0.4) is 0 Å². The van der Waals surface area contributed by atoms with Crippen LogP contribution in [-0.4, -0.2) is 26.4 Å². The molecule has 0 fully saturated rings. The lowest BCUT2D eigenvalue weighted by Gasteiger charge is -2.10. The summed E-state index contributed by atoms with van der Waals surface area (Å²) in [5, 5.41) is 3.55. The number of hydrogen-bond acceptors (Lipinski definition) is 6. The Labute approximate surface area is 173 Å². The predicted octanol–water partition coefficient (Wildman–Crippen LogP) is 3.60. The number of sulfone groups is 1. The lowest BCUT2D eigenvalue weighted by atomic mass is 10.2. The largest absolute Gasteiger partial charge is 0.495 e. The van der Waals surface area contributed by atoms with Gasteiger partial charge in [0.05, 0.1) is 18.2 Å². The standard InChI is InChI=1S/C22H18N2O5S/c1-28-18-4-2-3-5-21(18)30(26,27)17-8-6-15(7-9-17)13-24-22(25)19-12-16-10-11-23-14-20(16)29-19/h2-12,14H,13H2,1H3,(H,24,25). The van der Waals surface area contributed by atoms with Crippen LogP contribution >= 0.6 is 0 Å². The molecule has 2 heterocycles. The molecule has 0 spiro atoms. The molecule has 0 saturated carbocycles. The second-order valence-corrected chi connectivity index (χ2v) is 8.42. The third-order valence-electron chi connectivity index (χ3n) is 4.59. The predicted molar refractivity (Wildman–Crippen MR) is 110 cm³/mol. The molecule has 30 heavy (non-hydrogen) atoms. The molecular weight excluding hydrogens is 404 g/mol. The minimum Gasteiger partial charge on any atom is -0.495 e. The van der Waals surface area contributed by atoms with E-state index in [0.717, 1.165) is 10.9 Å². The number of carbonyl (C=O) groups is 1. The third kappa shape index (κ3) is 3.77. The van der Waals surface area contributed by atoms with E-state index in [1.165, 1.54) is 25.3 Å². The first kappa shape index (κ1) is 19.7. The Morgan fingerprint density at radius 3 is 2.60 bits per heavy atom. The maximum Gasteiger partial charge on any atom is 0.287 e. The number of ether oxygens (including phenoxy) is 1. The molecule has 0 saturated heterocycles. The molecule has 1 amide bonds. The third-order valence-corrected chi connectivity index (χ3v) is 6.40. The highest BCUT2D eigenvalue weighted by Gasteiger charge is 2.21. The maximum absolute atomic E-state index is 12.9. The normalized spacial score (nSPS) is 11.4. The molecule has 152 valence electrons. The van der Waals surface area contributed by atoms with Crippen LogP contribution in [0.25, 0.3) is 11.0 Å². The van der Waals surface area contributed by atoms with Crippen molar-refractivity contribution in [3.8, 4) is 5.75 Å². The number of aromatic nitrogens is 1. The smallest absolute Gasteiger partial charge is 0.287 e. The summed E-state index contributed by atoms with van der Waals surface area (Å²) in [6, 6.07) is 16.2. The van der Waals surface area contributed by atoms with Gasteiger partial charge in [0.25, 0.3) is 5.91 Å². The zero-order valence-corrected chi connectivity index (χ0v) is 16.8. The van der Waals surface area contributed by atoms with Crippen molar-refractivity contribution in [1.82, 2.24) is 10.3 Å². The Kier molecular flexibility index (Phi) is 5.24. The fraction of sp³-hybridized carbons (Fsp3) is 0.0909. The van der Waals surface area contributed by atoms with E-state index in [-0.39, 0.29) is 33.8 Å². The SMILES string of the molecule is COc1ccccc1S(=O)(=O)c1ccc(CNC(=O)c2cc3ccncc3o2)cc1. The van der Waals surface area contributed by atoms with Gasteiger partial charge in [-0.25, -0.2) is 8.42 Å². The van der Waals surface area contributed by atoms with Gasteiger partial charge in [0.15, 0.2) is 11.3 Å². The second kappa shape index (κ2) is 8.00. The number of hydrogen-bond donors (Lipinski definition) is 1. The Morgan fingerprint density at radius 2 is 1.87 bits per heavy atom. The van der Waals surface area contributed by atoms with Gasteiger partial charge >= 0.3 is 0 Å². The highest BCUT2D eigenvalue weighted by atomic mass is 32.2. The first-order valence-electron chi connectivity index (χ1n) is 9.08. The van der Waals surface area contributed by atoms with Crippen LogP contribution in [0.5, 0.6) is 5.75 Å². The fourth-order valence-corrected chi connectivity index (χ4v) is 4.44. The summed E-state index contributed by atoms with van der Waals surface area (Å²) in [7, 11) is -2.29. The molecular formula is C22H18N2O5S. The van der Waals surface area contributed by atoms with Crippen molar-refractivity contribution in [1.29, 1.82) is 0 Å². The van der Waals surface area contributed by atoms with Crippen LogP contribution in [0.4, 0.5) is 0 Å². The van der Waals surface area contributed by atoms with Crippen molar-refractivity contribution in [2.75, 3.05) is 7.11 Å². The lowest BCUT2D eigenvalue weighted by Crippen LogP contribution is -2.22. The Bertz CT molecular complexity index is 1280. The number of amides is 1. The number of rotatable bonds is 6. The van der Waals surface area contributed by atoms with Crippen molar-refractivity contribution in [3.63, 3.8) is 0 Å². The number of furan rings is 1. The van der Waals surface area contributed by atoms with Crippen LogP contribution in [0.2, 0.25) is 0 Å². The number of para-hydroxylation sites is 1. The summed E-state index contributed by atoms with van der Waals surface area (Å²) in [5.74, 6) is 0.111. The van der Waals surface area contributed by atoms with Gasteiger partial charge in [-0.2, -0.15) is 0 Å². The minimum absolute atomic E-state index is 0.105. The summed E-state index contributed by atoms with van der Waals surface area (Å²) in [5.41, 5.74) is 1.29. The van der Waals surface area contributed by atoms with E-state index in [4.69, 9.17) is 9.15 Å². The van der Waals surface area contributed by atoms with E-state index < -0.39 is 9.84 Å². The van der Waals surface area contributed by atoms with E-state index >= 15 is 0 Å². The van der Waals surface area contributed by atoms with Crippen molar-refractivity contribution < 1.29 is 22.4 Å². The number of nitrogens with zero attached hydrogens (tertiary/aromatic N) is 1. The average Bonchev–Trinajstić information content (AvgIpc) is 3.22. The van der Waals surface area contributed by atoms with Crippen LogP contribution in [0.1, 0.15) is 16.1 Å². The Morgan fingerprint density at radius 1 is 1.10 bits per heavy atom. The van der Waals surface area contributed by atoms with Crippen LogP contribution in [0.15, 0.2) is 87.3 Å². The number of fused-ring (bicyclic) bond motifs is 1. The fourth-order valence-electron chi connectivity index (χ4n) is 3.02. The van der Waals surface area contributed by atoms with Crippen molar-refractivity contribution in [2.24, 2.45) is 0 Å². The monoisotopic (exact) mass is 422 g/mol. The molecule has 0 aliphatic carbocycles. The van der Waals surface area contributed by atoms with E-state index in [1.54, 1.807) is 54.9 Å². The second-order valence-electron chi connectivity index (χ2n) is 6.51. The zero-order chi connectivity index (χ0) is 21.1. The van der Waals surface area contributed by atoms with Gasteiger partial charge in [-0.15, -0.1) is 0 Å². The van der Waals surface area contributed by atoms with Crippen molar-refractivity contribution in [2.45, 2.75) is 16.3 Å². The molecule has 0 bridgehead atoms. The van der Waals surface area contributed by atoms with Gasteiger partial charge in [-0.1, -0.05) is 24.3 Å². The molecule has 0 atom stereocenters. The number of methoxy groups -OCH3 is 1. The molecule has 4 rings (SSSR count). The Balaban J connectivity index is 1.47. The van der Waals surface area contributed by atoms with Gasteiger partial charge in [-0.3, -0.25) is 9.78 Å². The first-order valence-corrected chi connectivity index (χ1v) is 10.6. The molecule has 1 N–H and O–H groups in total. The number of benzene rings is 2. The molecule has 0 aliphatic heterocycles. The van der Waals surface area contributed by atoms with Crippen molar-refractivity contribution in [3.05, 3.63) is 84.4 Å². The molecule has 4 aromatic rings. The lowest BCUT2D eigenvalue weighted by molar-refractivity contribution is 0.0925. The Hall–Kier alpha value is -3.65. The summed E-state index contributed by atoms with van der Waals surface area (Å²) >= 11 is 0. The molecule has 8 heteroatoms. The summed E-state index contributed by atoms with van der Waals surface area (Å²) in [6.07, 6.45) is 3.17. The average molecular weight is 422 g/mol. The van der Waals surface area contributed by atoms with Crippen LogP contribution < -0.4 is 10.1 Å². The quantitative estimate of drug-likeness (QED) is 0.510. The number of pyridine rings is 1. The summed E-state index contributed by atoms with van der Waals surface area (Å²) < 4.78 is 36.4. The van der Waals surface area contributed by atoms with Gasteiger partial charge < -0.3 is 14.5 Å². The van der Waals surface area contributed by atoms with Gasteiger partial charge in [-0.05, 0) is 42.0 Å². The highest BCUT2D eigenvalue weighted by Crippen LogP contribution is 2.29. The first-order chi connectivity index (χ1) is 14.5. The van der Waals surface area contributed by atoms with Crippen LogP contribution in [-0.2, 0) is 16.4 Å². The molecule has 0 aliphatic rings. The van der Waals surface area contributed by atoms with E-state index in [2.05, 4.69) is 10.3 Å². The zero-order valence-electron chi connectivity index (χ0n) is 16.0. The van der Waals surface area contributed by atoms with Crippen LogP contribution in [0, 0.1) is 0 Å². The summed E-state index contributed by atoms with van der Waals surface area (Å²) in [4.78, 5) is 16.5. The molecule has 2 aromatic heterocycles. The molecule has 2 aromatic carbocycles. The van der Waals surface area contributed by atoms with Gasteiger partial charge in [0.2, 0.25) is 9.84 Å². The van der Waals surface area contributed by atoms with E-state index in [1.807, 2.05) is 0 Å². The molecule has 0 radical (unpaired) electrons. The summed E-state index contributed by atoms with van der Waals surface area (Å²) in [6.45, 7) is 0.225. The number of carbonyl (C=O) groups excluding carboxylic acids is 1. The highest BCUT2D eigenvalue weighted by molar-refractivity contribution is 7.91. The molecule has 0 unspecified atom stereocenters. The van der Waals surface area contributed by atoms with E-state index in [0.29, 0.717) is 5.58 Å². The topological polar surface area (TPSA) is 98.5 Å². The number of nitrogens with one attached hydrogen (secondary N) is 1. The van der Waals surface area contributed by atoms with Crippen molar-refractivity contribution >= 4 is 26.7 Å². The van der Waals surface area contributed by atoms with Gasteiger partial charge in [0.1, 0.15) is 10.6 Å². The minimum atomic E-state index is -3.72. The van der Waals surface area contributed by atoms with Gasteiger partial charge in [0, 0.05) is 18.1 Å².